The fourth-order valence-corrected chi connectivity index (χ4v) is 2.59. The number of fused-ring (bicyclic) bond motifs is 1. The maximum absolute atomic E-state index is 6.53. The molecule has 3 rings (SSSR count). The van der Waals surface area contributed by atoms with Crippen LogP contribution in [-0.4, -0.2) is 13.2 Å². The Morgan fingerprint density at radius 1 is 0.950 bits per heavy atom. The van der Waals surface area contributed by atoms with Gasteiger partial charge in [0, 0.05) is 4.47 Å². The molecule has 0 aliphatic carbocycles. The van der Waals surface area contributed by atoms with E-state index in [1.54, 1.807) is 0 Å². The number of hydrogen-bond acceptors (Lipinski definition) is 3. The largest absolute Gasteiger partial charge is 0.486 e. The highest BCUT2D eigenvalue weighted by Gasteiger charge is 2.25. The predicted molar refractivity (Wildman–Crippen MR) is 82.2 cm³/mol. The summed E-state index contributed by atoms with van der Waals surface area (Å²) in [6, 6.07) is 13.9. The molecular weight excluding hydrogens is 318 g/mol. The summed E-state index contributed by atoms with van der Waals surface area (Å²) < 4.78 is 12.2. The summed E-state index contributed by atoms with van der Waals surface area (Å²) in [5.41, 5.74) is 8.01. The molecule has 2 N–H and O–H groups in total. The quantitative estimate of drug-likeness (QED) is 0.915. The van der Waals surface area contributed by atoms with Crippen molar-refractivity contribution in [2.45, 2.75) is 12.5 Å². The molecule has 0 bridgehead atoms. The maximum atomic E-state index is 6.53. The lowest BCUT2D eigenvalue weighted by atomic mass is 9.85. The second kappa shape index (κ2) is 5.11. The van der Waals surface area contributed by atoms with Gasteiger partial charge in [-0.15, -0.1) is 0 Å². The Hall–Kier alpha value is -1.52. The van der Waals surface area contributed by atoms with Crippen molar-refractivity contribution in [3.05, 3.63) is 58.1 Å². The van der Waals surface area contributed by atoms with Crippen LogP contribution in [0.1, 0.15) is 18.1 Å². The molecular formula is C16H16BrNO2. The summed E-state index contributed by atoms with van der Waals surface area (Å²) in [5, 5.41) is 0. The Bertz CT molecular complexity index is 623. The third-order valence-corrected chi connectivity index (χ3v) is 4.11. The molecule has 104 valence electrons. The van der Waals surface area contributed by atoms with Gasteiger partial charge in [-0.1, -0.05) is 34.1 Å². The molecule has 1 heterocycles. The van der Waals surface area contributed by atoms with Crippen molar-refractivity contribution >= 4 is 15.9 Å². The van der Waals surface area contributed by atoms with Crippen LogP contribution in [0, 0.1) is 0 Å². The minimum absolute atomic E-state index is 0.573. The molecule has 1 aliphatic heterocycles. The van der Waals surface area contributed by atoms with Crippen LogP contribution in [-0.2, 0) is 5.54 Å². The first-order chi connectivity index (χ1) is 9.57. The number of benzene rings is 2. The first kappa shape index (κ1) is 13.5. The van der Waals surface area contributed by atoms with Crippen LogP contribution < -0.4 is 15.2 Å². The van der Waals surface area contributed by atoms with Gasteiger partial charge in [-0.25, -0.2) is 0 Å². The second-order valence-corrected chi connectivity index (χ2v) is 5.98. The zero-order chi connectivity index (χ0) is 14.2. The van der Waals surface area contributed by atoms with Crippen molar-refractivity contribution in [3.63, 3.8) is 0 Å². The number of ether oxygens (including phenoxy) is 2. The highest BCUT2D eigenvalue weighted by Crippen LogP contribution is 2.36. The Morgan fingerprint density at radius 2 is 1.55 bits per heavy atom. The highest BCUT2D eigenvalue weighted by molar-refractivity contribution is 9.10. The van der Waals surface area contributed by atoms with Crippen molar-refractivity contribution in [2.24, 2.45) is 5.73 Å². The summed E-state index contributed by atoms with van der Waals surface area (Å²) in [4.78, 5) is 0. The Morgan fingerprint density at radius 3 is 2.25 bits per heavy atom. The molecule has 0 radical (unpaired) electrons. The standard InChI is InChI=1S/C16H16BrNO2/c1-16(18,11-2-5-13(17)6-3-11)12-4-7-14-15(10-12)20-9-8-19-14/h2-7,10H,8-9,18H2,1H3. The van der Waals surface area contributed by atoms with Crippen LogP contribution in [0.15, 0.2) is 46.9 Å². The molecule has 2 aromatic carbocycles. The van der Waals surface area contributed by atoms with Crippen molar-refractivity contribution in [3.8, 4) is 11.5 Å². The number of hydrogen-bond donors (Lipinski definition) is 1. The Kier molecular flexibility index (Phi) is 3.44. The van der Waals surface area contributed by atoms with Crippen molar-refractivity contribution in [2.75, 3.05) is 13.2 Å². The van der Waals surface area contributed by atoms with E-state index in [4.69, 9.17) is 15.2 Å². The average Bonchev–Trinajstić information content (AvgIpc) is 2.47. The zero-order valence-electron chi connectivity index (χ0n) is 11.2. The lowest BCUT2D eigenvalue weighted by Crippen LogP contribution is -2.34. The Labute approximate surface area is 126 Å². The van der Waals surface area contributed by atoms with Crippen LogP contribution in [0.4, 0.5) is 0 Å². The smallest absolute Gasteiger partial charge is 0.161 e. The molecule has 0 saturated heterocycles. The van der Waals surface area contributed by atoms with E-state index >= 15 is 0 Å². The van der Waals surface area contributed by atoms with Gasteiger partial charge in [0.25, 0.3) is 0 Å². The normalized spacial score (nSPS) is 16.6. The van der Waals surface area contributed by atoms with Gasteiger partial charge in [0.05, 0.1) is 5.54 Å². The molecule has 1 aliphatic rings. The van der Waals surface area contributed by atoms with Gasteiger partial charge in [0.15, 0.2) is 11.5 Å². The molecule has 2 aromatic rings. The van der Waals surface area contributed by atoms with E-state index < -0.39 is 5.54 Å². The molecule has 3 nitrogen and oxygen atoms in total. The Balaban J connectivity index is 2.00. The van der Waals surface area contributed by atoms with Crippen molar-refractivity contribution < 1.29 is 9.47 Å². The molecule has 20 heavy (non-hydrogen) atoms. The fourth-order valence-electron chi connectivity index (χ4n) is 2.33. The SMILES string of the molecule is CC(N)(c1ccc(Br)cc1)c1ccc2c(c1)OCCO2. The van der Waals surface area contributed by atoms with Crippen LogP contribution in [0.3, 0.4) is 0 Å². The summed E-state index contributed by atoms with van der Waals surface area (Å²) in [6.45, 7) is 3.18. The second-order valence-electron chi connectivity index (χ2n) is 5.07. The van der Waals surface area contributed by atoms with Crippen LogP contribution >= 0.6 is 15.9 Å². The highest BCUT2D eigenvalue weighted by atomic mass is 79.9. The lowest BCUT2D eigenvalue weighted by Gasteiger charge is -2.28. The lowest BCUT2D eigenvalue weighted by molar-refractivity contribution is 0.171. The molecule has 0 saturated carbocycles. The molecule has 1 atom stereocenters. The van der Waals surface area contributed by atoms with Gasteiger partial charge in [0.1, 0.15) is 13.2 Å². The van der Waals surface area contributed by atoms with Gasteiger partial charge in [-0.2, -0.15) is 0 Å². The fraction of sp³-hybridized carbons (Fsp3) is 0.250. The van der Waals surface area contributed by atoms with E-state index in [0.717, 1.165) is 27.1 Å². The molecule has 0 fully saturated rings. The van der Waals surface area contributed by atoms with E-state index in [9.17, 15) is 0 Å². The molecule has 1 unspecified atom stereocenters. The van der Waals surface area contributed by atoms with Gasteiger partial charge in [0.2, 0.25) is 0 Å². The van der Waals surface area contributed by atoms with E-state index in [-0.39, 0.29) is 0 Å². The summed E-state index contributed by atoms with van der Waals surface area (Å²) >= 11 is 3.44. The summed E-state index contributed by atoms with van der Waals surface area (Å²) in [5.74, 6) is 1.55. The van der Waals surface area contributed by atoms with Gasteiger partial charge in [-0.3, -0.25) is 0 Å². The summed E-state index contributed by atoms with van der Waals surface area (Å²) in [7, 11) is 0. The van der Waals surface area contributed by atoms with Crippen molar-refractivity contribution in [1.82, 2.24) is 0 Å². The third kappa shape index (κ3) is 2.41. The molecule has 0 amide bonds. The van der Waals surface area contributed by atoms with Gasteiger partial charge in [-0.05, 0) is 42.3 Å². The van der Waals surface area contributed by atoms with Gasteiger partial charge >= 0.3 is 0 Å². The predicted octanol–water partition coefficient (Wildman–Crippen LogP) is 3.44. The number of halogens is 1. The minimum atomic E-state index is -0.573. The van der Waals surface area contributed by atoms with E-state index in [1.165, 1.54) is 0 Å². The maximum Gasteiger partial charge on any atom is 0.161 e. The summed E-state index contributed by atoms with van der Waals surface area (Å²) in [6.07, 6.45) is 0. The monoisotopic (exact) mass is 333 g/mol. The average molecular weight is 334 g/mol. The first-order valence-electron chi connectivity index (χ1n) is 6.52. The minimum Gasteiger partial charge on any atom is -0.486 e. The number of rotatable bonds is 2. The van der Waals surface area contributed by atoms with E-state index in [0.29, 0.717) is 13.2 Å². The van der Waals surface area contributed by atoms with E-state index in [1.807, 2.05) is 49.4 Å². The molecule has 0 aromatic heterocycles. The van der Waals surface area contributed by atoms with Crippen molar-refractivity contribution in [1.29, 1.82) is 0 Å². The third-order valence-electron chi connectivity index (χ3n) is 3.59. The first-order valence-corrected chi connectivity index (χ1v) is 7.32. The zero-order valence-corrected chi connectivity index (χ0v) is 12.8. The van der Waals surface area contributed by atoms with Gasteiger partial charge < -0.3 is 15.2 Å². The van der Waals surface area contributed by atoms with E-state index in [2.05, 4.69) is 15.9 Å². The topological polar surface area (TPSA) is 44.5 Å². The molecule has 4 heteroatoms. The van der Waals surface area contributed by atoms with Crippen LogP contribution in [0.25, 0.3) is 0 Å². The number of nitrogens with two attached hydrogens (primary N) is 1. The van der Waals surface area contributed by atoms with Crippen LogP contribution in [0.5, 0.6) is 11.5 Å². The molecule has 0 spiro atoms. The van der Waals surface area contributed by atoms with Crippen LogP contribution in [0.2, 0.25) is 0 Å².